The zero-order valence-corrected chi connectivity index (χ0v) is 9.41. The minimum Gasteiger partial charge on any atom is -0.369 e. The van der Waals surface area contributed by atoms with E-state index in [0.717, 1.165) is 12.2 Å². The molecule has 15 heavy (non-hydrogen) atoms. The lowest BCUT2D eigenvalue weighted by molar-refractivity contribution is 0.364. The number of anilines is 1. The maximum atomic E-state index is 13.0. The maximum absolute atomic E-state index is 13.0. The van der Waals surface area contributed by atoms with Gasteiger partial charge in [0.1, 0.15) is 6.17 Å². The van der Waals surface area contributed by atoms with E-state index in [-0.39, 0.29) is 0 Å². The Balaban J connectivity index is 2.10. The number of hydrogen-bond donors (Lipinski definition) is 0. The van der Waals surface area contributed by atoms with Crippen LogP contribution in [0.3, 0.4) is 0 Å². The van der Waals surface area contributed by atoms with Crippen molar-refractivity contribution in [2.75, 3.05) is 18.0 Å². The van der Waals surface area contributed by atoms with Crippen LogP contribution in [0.1, 0.15) is 31.7 Å². The predicted octanol–water partition coefficient (Wildman–Crippen LogP) is 3.36. The molecule has 0 amide bonds. The van der Waals surface area contributed by atoms with Crippen molar-refractivity contribution in [3.05, 3.63) is 29.8 Å². The van der Waals surface area contributed by atoms with E-state index in [1.54, 1.807) is 0 Å². The van der Waals surface area contributed by atoms with Crippen LogP contribution in [0.2, 0.25) is 0 Å². The number of rotatable bonds is 2. The SMILES string of the molecule is CC(C)c1ccc(N2CC[C@H](F)C2)cc1. The third-order valence-electron chi connectivity index (χ3n) is 3.06. The molecule has 1 atom stereocenters. The van der Waals surface area contributed by atoms with E-state index < -0.39 is 6.17 Å². The van der Waals surface area contributed by atoms with Crippen molar-refractivity contribution in [2.24, 2.45) is 0 Å². The van der Waals surface area contributed by atoms with Gasteiger partial charge in [0, 0.05) is 18.8 Å². The highest BCUT2D eigenvalue weighted by molar-refractivity contribution is 5.49. The molecule has 1 aliphatic rings. The summed E-state index contributed by atoms with van der Waals surface area (Å²) in [6, 6.07) is 8.50. The molecule has 0 spiro atoms. The average molecular weight is 207 g/mol. The molecule has 2 rings (SSSR count). The Labute approximate surface area is 90.9 Å². The topological polar surface area (TPSA) is 3.24 Å². The Kier molecular flexibility index (Phi) is 2.94. The van der Waals surface area contributed by atoms with Crippen molar-refractivity contribution >= 4 is 5.69 Å². The Morgan fingerprint density at radius 3 is 2.40 bits per heavy atom. The zero-order chi connectivity index (χ0) is 10.8. The minimum atomic E-state index is -0.644. The molecule has 0 aliphatic carbocycles. The van der Waals surface area contributed by atoms with Gasteiger partial charge in [0.2, 0.25) is 0 Å². The van der Waals surface area contributed by atoms with Crippen molar-refractivity contribution in [1.82, 2.24) is 0 Å². The van der Waals surface area contributed by atoms with Crippen LogP contribution in [0.4, 0.5) is 10.1 Å². The molecule has 82 valence electrons. The molecule has 0 aromatic heterocycles. The Morgan fingerprint density at radius 1 is 1.27 bits per heavy atom. The highest BCUT2D eigenvalue weighted by atomic mass is 19.1. The van der Waals surface area contributed by atoms with Crippen LogP contribution >= 0.6 is 0 Å². The molecule has 0 N–H and O–H groups in total. The van der Waals surface area contributed by atoms with Gasteiger partial charge in [-0.2, -0.15) is 0 Å². The summed E-state index contributed by atoms with van der Waals surface area (Å²) in [7, 11) is 0. The number of benzene rings is 1. The van der Waals surface area contributed by atoms with E-state index in [4.69, 9.17) is 0 Å². The van der Waals surface area contributed by atoms with Gasteiger partial charge in [0.25, 0.3) is 0 Å². The van der Waals surface area contributed by atoms with E-state index in [1.807, 2.05) is 0 Å². The quantitative estimate of drug-likeness (QED) is 0.718. The summed E-state index contributed by atoms with van der Waals surface area (Å²) in [6.07, 6.45) is 0.0288. The number of halogens is 1. The third-order valence-corrected chi connectivity index (χ3v) is 3.06. The molecule has 1 nitrogen and oxygen atoms in total. The summed E-state index contributed by atoms with van der Waals surface area (Å²) in [6.45, 7) is 5.77. The van der Waals surface area contributed by atoms with Crippen LogP contribution in [0, 0.1) is 0 Å². The summed E-state index contributed by atoms with van der Waals surface area (Å²) in [5.41, 5.74) is 2.49. The summed E-state index contributed by atoms with van der Waals surface area (Å²) in [4.78, 5) is 2.12. The van der Waals surface area contributed by atoms with Gasteiger partial charge < -0.3 is 4.90 Å². The molecule has 1 aromatic carbocycles. The van der Waals surface area contributed by atoms with Crippen molar-refractivity contribution in [2.45, 2.75) is 32.4 Å². The lowest BCUT2D eigenvalue weighted by Crippen LogP contribution is -2.19. The van der Waals surface area contributed by atoms with Gasteiger partial charge in [0.15, 0.2) is 0 Å². The van der Waals surface area contributed by atoms with E-state index in [0.29, 0.717) is 18.9 Å². The fourth-order valence-corrected chi connectivity index (χ4v) is 2.02. The average Bonchev–Trinajstić information content (AvgIpc) is 2.65. The van der Waals surface area contributed by atoms with Crippen LogP contribution in [0.15, 0.2) is 24.3 Å². The molecule has 0 unspecified atom stereocenters. The minimum absolute atomic E-state index is 0.557. The van der Waals surface area contributed by atoms with Crippen LogP contribution < -0.4 is 4.90 Å². The predicted molar refractivity (Wildman–Crippen MR) is 62.3 cm³/mol. The zero-order valence-electron chi connectivity index (χ0n) is 9.41. The maximum Gasteiger partial charge on any atom is 0.119 e. The van der Waals surface area contributed by atoms with Crippen LogP contribution in [-0.4, -0.2) is 19.3 Å². The van der Waals surface area contributed by atoms with Gasteiger partial charge in [-0.15, -0.1) is 0 Å². The molecule has 1 heterocycles. The lowest BCUT2D eigenvalue weighted by atomic mass is 10.0. The molecule has 1 saturated heterocycles. The standard InChI is InChI=1S/C13H18FN/c1-10(2)11-3-5-13(6-4-11)15-8-7-12(14)9-15/h3-6,10,12H,7-9H2,1-2H3/t12-/m0/s1. The van der Waals surface area contributed by atoms with Gasteiger partial charge in [-0.05, 0) is 30.0 Å². The van der Waals surface area contributed by atoms with Crippen molar-refractivity contribution in [1.29, 1.82) is 0 Å². The van der Waals surface area contributed by atoms with E-state index in [9.17, 15) is 4.39 Å². The molecule has 1 aliphatic heterocycles. The summed E-state index contributed by atoms with van der Waals surface area (Å²) < 4.78 is 13.0. The second-order valence-electron chi connectivity index (χ2n) is 4.58. The van der Waals surface area contributed by atoms with Crippen molar-refractivity contribution in [3.8, 4) is 0 Å². The molecular formula is C13H18FN. The van der Waals surface area contributed by atoms with Gasteiger partial charge in [-0.1, -0.05) is 26.0 Å². The number of hydrogen-bond acceptors (Lipinski definition) is 1. The van der Waals surface area contributed by atoms with Crippen molar-refractivity contribution in [3.63, 3.8) is 0 Å². The van der Waals surface area contributed by atoms with Crippen LogP contribution in [0.25, 0.3) is 0 Å². The van der Waals surface area contributed by atoms with Gasteiger partial charge >= 0.3 is 0 Å². The summed E-state index contributed by atoms with van der Waals surface area (Å²) >= 11 is 0. The molecule has 0 saturated carbocycles. The van der Waals surface area contributed by atoms with Gasteiger partial charge in [0.05, 0.1) is 0 Å². The molecule has 2 heteroatoms. The highest BCUT2D eigenvalue weighted by Crippen LogP contribution is 2.24. The highest BCUT2D eigenvalue weighted by Gasteiger charge is 2.21. The second-order valence-corrected chi connectivity index (χ2v) is 4.58. The fraction of sp³-hybridized carbons (Fsp3) is 0.538. The first-order chi connectivity index (χ1) is 7.16. The van der Waals surface area contributed by atoms with E-state index in [1.165, 1.54) is 5.56 Å². The Morgan fingerprint density at radius 2 is 1.93 bits per heavy atom. The van der Waals surface area contributed by atoms with E-state index in [2.05, 4.69) is 43.0 Å². The van der Waals surface area contributed by atoms with E-state index >= 15 is 0 Å². The van der Waals surface area contributed by atoms with Gasteiger partial charge in [-0.25, -0.2) is 4.39 Å². The molecule has 0 bridgehead atoms. The monoisotopic (exact) mass is 207 g/mol. The molecule has 1 aromatic rings. The fourth-order valence-electron chi connectivity index (χ4n) is 2.02. The van der Waals surface area contributed by atoms with Crippen LogP contribution in [0.5, 0.6) is 0 Å². The molecule has 0 radical (unpaired) electrons. The third kappa shape index (κ3) is 2.31. The summed E-state index contributed by atoms with van der Waals surface area (Å²) in [5, 5.41) is 0. The Hall–Kier alpha value is -1.05. The molecule has 1 fully saturated rings. The second kappa shape index (κ2) is 4.21. The number of alkyl halides is 1. The van der Waals surface area contributed by atoms with Gasteiger partial charge in [-0.3, -0.25) is 0 Å². The Bertz CT molecular complexity index is 318. The first-order valence-corrected chi connectivity index (χ1v) is 5.66. The first kappa shape index (κ1) is 10.5. The lowest BCUT2D eigenvalue weighted by Gasteiger charge is -2.18. The molecular weight excluding hydrogens is 189 g/mol. The van der Waals surface area contributed by atoms with Crippen molar-refractivity contribution < 1.29 is 4.39 Å². The largest absolute Gasteiger partial charge is 0.369 e. The summed E-state index contributed by atoms with van der Waals surface area (Å²) in [5.74, 6) is 0.562. The first-order valence-electron chi connectivity index (χ1n) is 5.66. The number of nitrogens with zero attached hydrogens (tertiary/aromatic N) is 1. The smallest absolute Gasteiger partial charge is 0.119 e. The normalized spacial score (nSPS) is 21.3. The van der Waals surface area contributed by atoms with Crippen LogP contribution in [-0.2, 0) is 0 Å².